The number of furan rings is 1. The van der Waals surface area contributed by atoms with Crippen molar-refractivity contribution in [3.8, 4) is 5.75 Å². The van der Waals surface area contributed by atoms with E-state index in [1.54, 1.807) is 12.1 Å². The molecule has 33 heavy (non-hydrogen) atoms. The van der Waals surface area contributed by atoms with E-state index in [9.17, 15) is 14.7 Å². The Morgan fingerprint density at radius 1 is 1.15 bits per heavy atom. The van der Waals surface area contributed by atoms with Crippen LogP contribution in [0, 0.1) is 6.92 Å². The van der Waals surface area contributed by atoms with Crippen LogP contribution in [0.3, 0.4) is 0 Å². The molecule has 9 nitrogen and oxygen atoms in total. The Kier molecular flexibility index (Phi) is 7.41. The van der Waals surface area contributed by atoms with Crippen molar-refractivity contribution < 1.29 is 23.8 Å². The average Bonchev–Trinajstić information content (AvgIpc) is 3.18. The average molecular weight is 455 g/mol. The molecule has 1 aliphatic heterocycles. The van der Waals surface area contributed by atoms with Crippen molar-refractivity contribution in [2.24, 2.45) is 5.10 Å². The lowest BCUT2D eigenvalue weighted by atomic mass is 9.93. The van der Waals surface area contributed by atoms with Gasteiger partial charge in [-0.3, -0.25) is 14.5 Å². The summed E-state index contributed by atoms with van der Waals surface area (Å²) >= 11 is 0. The topological polar surface area (TPSA) is 116 Å². The van der Waals surface area contributed by atoms with E-state index in [1.807, 2.05) is 6.92 Å². The molecule has 1 fully saturated rings. The van der Waals surface area contributed by atoms with Gasteiger partial charge in [0.15, 0.2) is 5.76 Å². The third-order valence-electron chi connectivity index (χ3n) is 6.01. The summed E-state index contributed by atoms with van der Waals surface area (Å²) in [7, 11) is 0. The molecule has 2 heterocycles. The number of nitrogens with one attached hydrogen (secondary N) is 2. The van der Waals surface area contributed by atoms with Gasteiger partial charge in [-0.2, -0.15) is 5.10 Å². The third-order valence-corrected chi connectivity index (χ3v) is 6.01. The highest BCUT2D eigenvalue weighted by Gasteiger charge is 2.28. The van der Waals surface area contributed by atoms with E-state index in [2.05, 4.69) is 20.7 Å². The second-order valence-electron chi connectivity index (χ2n) is 8.29. The number of carbonyl (C=O) groups is 2. The van der Waals surface area contributed by atoms with Crippen molar-refractivity contribution in [1.82, 2.24) is 15.6 Å². The lowest BCUT2D eigenvalue weighted by Crippen LogP contribution is -2.38. The number of aryl methyl sites for hydroxylation is 1. The molecule has 1 aromatic carbocycles. The number of carbonyl (C=O) groups excluding carboxylic acids is 2. The second kappa shape index (κ2) is 10.6. The highest BCUT2D eigenvalue weighted by Crippen LogP contribution is 2.30. The van der Waals surface area contributed by atoms with Gasteiger partial charge in [0.2, 0.25) is 0 Å². The molecule has 1 saturated heterocycles. The Morgan fingerprint density at radius 2 is 1.94 bits per heavy atom. The molecule has 0 radical (unpaired) electrons. The molecule has 0 unspecified atom stereocenters. The van der Waals surface area contributed by atoms with Gasteiger partial charge < -0.3 is 19.6 Å². The maximum Gasteiger partial charge on any atom is 0.287 e. The Hall–Kier alpha value is -3.17. The number of hydrogen-bond donors (Lipinski definition) is 3. The minimum Gasteiger partial charge on any atom is -0.507 e. The van der Waals surface area contributed by atoms with Crippen LogP contribution >= 0.6 is 0 Å². The fourth-order valence-corrected chi connectivity index (χ4v) is 4.25. The molecule has 0 spiro atoms. The van der Waals surface area contributed by atoms with Gasteiger partial charge in [-0.15, -0.1) is 0 Å². The zero-order valence-corrected chi connectivity index (χ0v) is 18.9. The van der Waals surface area contributed by atoms with Crippen LogP contribution in [0.2, 0.25) is 0 Å². The molecular formula is C24H30N4O5. The van der Waals surface area contributed by atoms with E-state index in [-0.39, 0.29) is 17.2 Å². The van der Waals surface area contributed by atoms with Gasteiger partial charge in [0.05, 0.1) is 24.5 Å². The van der Waals surface area contributed by atoms with Gasteiger partial charge in [-0.25, -0.2) is 5.43 Å². The number of amides is 2. The number of nitrogens with zero attached hydrogens (tertiary/aromatic N) is 2. The highest BCUT2D eigenvalue weighted by atomic mass is 16.5. The van der Waals surface area contributed by atoms with Gasteiger partial charge in [0.25, 0.3) is 11.8 Å². The molecule has 1 aromatic heterocycles. The lowest BCUT2D eigenvalue weighted by molar-refractivity contribution is 0.0374. The molecule has 1 aliphatic carbocycles. The smallest absolute Gasteiger partial charge is 0.287 e. The van der Waals surface area contributed by atoms with Gasteiger partial charge in [-0.1, -0.05) is 12.1 Å². The van der Waals surface area contributed by atoms with Gasteiger partial charge >= 0.3 is 0 Å². The minimum atomic E-state index is -0.493. The highest BCUT2D eigenvalue weighted by molar-refractivity contribution is 6.07. The predicted molar refractivity (Wildman–Crippen MR) is 123 cm³/mol. The van der Waals surface area contributed by atoms with Crippen molar-refractivity contribution in [3.05, 3.63) is 52.5 Å². The number of fused-ring (bicyclic) bond motifs is 1. The van der Waals surface area contributed by atoms with Crippen LogP contribution in [0.25, 0.3) is 0 Å². The fourth-order valence-electron chi connectivity index (χ4n) is 4.25. The van der Waals surface area contributed by atoms with Crippen molar-refractivity contribution in [1.29, 1.82) is 0 Å². The molecule has 0 bridgehead atoms. The largest absolute Gasteiger partial charge is 0.507 e. The number of hydrazone groups is 1. The summed E-state index contributed by atoms with van der Waals surface area (Å²) in [6, 6.07) is 6.30. The first kappa shape index (κ1) is 23.0. The van der Waals surface area contributed by atoms with Crippen LogP contribution in [-0.2, 0) is 11.2 Å². The number of rotatable bonds is 7. The zero-order chi connectivity index (χ0) is 23.2. The first-order chi connectivity index (χ1) is 16.0. The molecule has 0 atom stereocenters. The van der Waals surface area contributed by atoms with Crippen LogP contribution in [0.15, 0.2) is 33.8 Å². The van der Waals surface area contributed by atoms with E-state index in [0.29, 0.717) is 36.6 Å². The van der Waals surface area contributed by atoms with E-state index in [1.165, 1.54) is 12.1 Å². The van der Waals surface area contributed by atoms with Crippen LogP contribution < -0.4 is 10.7 Å². The summed E-state index contributed by atoms with van der Waals surface area (Å²) in [5, 5.41) is 17.1. The normalized spacial score (nSPS) is 17.5. The summed E-state index contributed by atoms with van der Waals surface area (Å²) in [6.07, 6.45) is 3.05. The Labute approximate surface area is 192 Å². The number of morpholine rings is 1. The van der Waals surface area contributed by atoms with E-state index in [0.717, 1.165) is 56.8 Å². The van der Waals surface area contributed by atoms with E-state index < -0.39 is 5.91 Å². The van der Waals surface area contributed by atoms with Gasteiger partial charge in [-0.05, 0) is 44.9 Å². The lowest BCUT2D eigenvalue weighted by Gasteiger charge is -2.26. The van der Waals surface area contributed by atoms with E-state index in [4.69, 9.17) is 9.15 Å². The Balaban J connectivity index is 1.39. The molecule has 2 aliphatic rings. The molecule has 2 aromatic rings. The number of phenolic OH excluding ortho intramolecular Hbond substituents is 1. The standard InChI is InChI=1S/C24H30N4O5/c1-16-21-18(26-27-23(30)17-6-2-3-8-19(17)29)7-4-9-20(21)33-22(16)24(31)25-10-5-11-28-12-14-32-15-13-28/h2-3,6,8,29H,4-5,7,9-15H2,1H3,(H,25,31)(H,27,30)/b26-18+. The SMILES string of the molecule is Cc1c(C(=O)NCCCN2CCOCC2)oc2c1/C(=N/NC(=O)c1ccccc1O)CCC2. The van der Waals surface area contributed by atoms with Gasteiger partial charge in [0, 0.05) is 37.2 Å². The summed E-state index contributed by atoms with van der Waals surface area (Å²) in [6.45, 7) is 6.72. The zero-order valence-electron chi connectivity index (χ0n) is 18.9. The quantitative estimate of drug-likeness (QED) is 0.436. The van der Waals surface area contributed by atoms with Crippen molar-refractivity contribution in [3.63, 3.8) is 0 Å². The second-order valence-corrected chi connectivity index (χ2v) is 8.29. The molecule has 2 amide bonds. The van der Waals surface area contributed by atoms with Crippen molar-refractivity contribution in [2.45, 2.75) is 32.6 Å². The van der Waals surface area contributed by atoms with Crippen LogP contribution in [-0.4, -0.2) is 66.9 Å². The summed E-state index contributed by atoms with van der Waals surface area (Å²) in [4.78, 5) is 27.5. The Bertz CT molecular complexity index is 1040. The maximum atomic E-state index is 12.8. The first-order valence-corrected chi connectivity index (χ1v) is 11.4. The predicted octanol–water partition coefficient (Wildman–Crippen LogP) is 2.22. The molecule has 3 N–H and O–H groups in total. The third kappa shape index (κ3) is 5.43. The maximum absolute atomic E-state index is 12.8. The molecule has 9 heteroatoms. The number of benzene rings is 1. The number of ether oxygens (including phenoxy) is 1. The number of aromatic hydroxyl groups is 1. The molecular weight excluding hydrogens is 424 g/mol. The minimum absolute atomic E-state index is 0.105. The van der Waals surface area contributed by atoms with Crippen LogP contribution in [0.5, 0.6) is 5.75 Å². The van der Waals surface area contributed by atoms with Crippen LogP contribution in [0.1, 0.15) is 57.1 Å². The molecule has 4 rings (SSSR count). The fraction of sp³-hybridized carbons (Fsp3) is 0.458. The number of para-hydroxylation sites is 1. The van der Waals surface area contributed by atoms with Crippen molar-refractivity contribution in [2.75, 3.05) is 39.4 Å². The molecule has 176 valence electrons. The first-order valence-electron chi connectivity index (χ1n) is 11.4. The van der Waals surface area contributed by atoms with Crippen molar-refractivity contribution >= 4 is 17.5 Å². The summed E-state index contributed by atoms with van der Waals surface area (Å²) in [5.41, 5.74) is 4.86. The van der Waals surface area contributed by atoms with Crippen LogP contribution in [0.4, 0.5) is 0 Å². The van der Waals surface area contributed by atoms with Gasteiger partial charge in [0.1, 0.15) is 11.5 Å². The summed E-state index contributed by atoms with van der Waals surface area (Å²) in [5.74, 6) is 0.181. The number of phenols is 1. The Morgan fingerprint density at radius 3 is 2.73 bits per heavy atom. The number of hydrogen-bond acceptors (Lipinski definition) is 7. The van der Waals surface area contributed by atoms with E-state index >= 15 is 0 Å². The summed E-state index contributed by atoms with van der Waals surface area (Å²) < 4.78 is 11.3. The molecule has 0 saturated carbocycles. The monoisotopic (exact) mass is 454 g/mol.